The zero-order valence-corrected chi connectivity index (χ0v) is 19.8. The van der Waals surface area contributed by atoms with Gasteiger partial charge in [-0.15, -0.1) is 0 Å². The van der Waals surface area contributed by atoms with E-state index in [1.165, 1.54) is 0 Å². The molecular formula is C24H20Br2N2O3. The molecule has 0 radical (unpaired) electrons. The Labute approximate surface area is 197 Å². The Morgan fingerprint density at radius 2 is 1.55 bits per heavy atom. The number of halogens is 2. The first-order valence-corrected chi connectivity index (χ1v) is 11.9. The average Bonchev–Trinajstić information content (AvgIpc) is 3.05. The molecule has 1 saturated heterocycles. The fourth-order valence-corrected chi connectivity index (χ4v) is 6.27. The fraction of sp³-hybridized carbons (Fsp3) is 0.292. The summed E-state index contributed by atoms with van der Waals surface area (Å²) < 4.78 is 7.47. The van der Waals surface area contributed by atoms with Gasteiger partial charge in [-0.3, -0.25) is 9.59 Å². The molecule has 4 atom stereocenters. The maximum absolute atomic E-state index is 12.9. The Morgan fingerprint density at radius 3 is 2.10 bits per heavy atom. The van der Waals surface area contributed by atoms with Crippen LogP contribution in [0.2, 0.25) is 0 Å². The number of fused-ring (bicyclic) bond motifs is 1. The first kappa shape index (κ1) is 20.6. The number of allylic oxidation sites excluding steroid dienone is 2. The van der Waals surface area contributed by atoms with Gasteiger partial charge in [0.2, 0.25) is 0 Å². The normalized spacial score (nSPS) is 26.7. The summed E-state index contributed by atoms with van der Waals surface area (Å²) in [6, 6.07) is 13.6. The maximum atomic E-state index is 12.9. The van der Waals surface area contributed by atoms with Gasteiger partial charge in [-0.25, -0.2) is 0 Å². The minimum Gasteiger partial charge on any atom is -0.487 e. The topological polar surface area (TPSA) is 59.0 Å². The summed E-state index contributed by atoms with van der Waals surface area (Å²) in [6.07, 6.45) is 7.72. The van der Waals surface area contributed by atoms with Crippen molar-refractivity contribution in [3.8, 4) is 5.75 Å². The third-order valence-electron chi connectivity index (χ3n) is 6.30. The Balaban J connectivity index is 1.32. The smallest absolute Gasteiger partial charge is 0.254 e. The second-order valence-corrected chi connectivity index (χ2v) is 9.87. The highest BCUT2D eigenvalue weighted by Crippen LogP contribution is 2.49. The molecule has 7 heteroatoms. The summed E-state index contributed by atoms with van der Waals surface area (Å²) in [5.74, 6) is 0.161. The Hall–Kier alpha value is -2.25. The predicted molar refractivity (Wildman–Crippen MR) is 124 cm³/mol. The van der Waals surface area contributed by atoms with Crippen molar-refractivity contribution in [1.82, 2.24) is 5.01 Å². The van der Waals surface area contributed by atoms with Crippen LogP contribution in [-0.4, -0.2) is 23.0 Å². The minimum atomic E-state index is -0.249. The van der Waals surface area contributed by atoms with Gasteiger partial charge in [0, 0.05) is 0 Å². The van der Waals surface area contributed by atoms with E-state index < -0.39 is 0 Å². The van der Waals surface area contributed by atoms with Gasteiger partial charge in [-0.1, -0.05) is 42.5 Å². The van der Waals surface area contributed by atoms with Crippen molar-refractivity contribution >= 4 is 49.9 Å². The summed E-state index contributed by atoms with van der Waals surface area (Å²) in [5.41, 5.74) is 1.82. The summed E-state index contributed by atoms with van der Waals surface area (Å²) in [7, 11) is 0. The maximum Gasteiger partial charge on any atom is 0.254 e. The summed E-state index contributed by atoms with van der Waals surface area (Å²) in [6.45, 7) is 0.446. The lowest BCUT2D eigenvalue weighted by Crippen LogP contribution is -2.38. The fourth-order valence-electron chi connectivity index (χ4n) is 4.82. The first-order valence-electron chi connectivity index (χ1n) is 10.3. The zero-order valence-electron chi connectivity index (χ0n) is 16.6. The van der Waals surface area contributed by atoms with Crippen LogP contribution in [0, 0.1) is 23.7 Å². The molecule has 6 rings (SSSR count). The predicted octanol–water partition coefficient (Wildman–Crippen LogP) is 5.32. The Kier molecular flexibility index (Phi) is 5.56. The first-order chi connectivity index (χ1) is 15.0. The van der Waals surface area contributed by atoms with Crippen molar-refractivity contribution in [2.24, 2.45) is 28.8 Å². The molecular weight excluding hydrogens is 524 g/mol. The molecule has 2 amide bonds. The number of rotatable bonds is 5. The van der Waals surface area contributed by atoms with Crippen molar-refractivity contribution in [3.63, 3.8) is 0 Å². The lowest BCUT2D eigenvalue weighted by molar-refractivity contribution is -0.140. The van der Waals surface area contributed by atoms with Gasteiger partial charge in [0.05, 0.1) is 27.0 Å². The molecule has 4 aliphatic rings. The molecule has 0 aromatic heterocycles. The molecule has 0 unspecified atom stereocenters. The van der Waals surface area contributed by atoms with Crippen LogP contribution in [0.5, 0.6) is 5.75 Å². The molecule has 2 bridgehead atoms. The average molecular weight is 544 g/mol. The van der Waals surface area contributed by atoms with Crippen LogP contribution in [0.25, 0.3) is 0 Å². The third-order valence-corrected chi connectivity index (χ3v) is 7.48. The monoisotopic (exact) mass is 542 g/mol. The Bertz CT molecular complexity index is 1040. The number of hydrazone groups is 1. The number of imide groups is 1. The molecule has 1 aliphatic heterocycles. The lowest BCUT2D eigenvalue weighted by Gasteiger charge is -2.37. The quantitative estimate of drug-likeness (QED) is 0.291. The van der Waals surface area contributed by atoms with Crippen LogP contribution in [0.1, 0.15) is 24.0 Å². The highest BCUT2D eigenvalue weighted by molar-refractivity contribution is 9.11. The van der Waals surface area contributed by atoms with Crippen molar-refractivity contribution in [2.75, 3.05) is 0 Å². The molecule has 2 fully saturated rings. The van der Waals surface area contributed by atoms with E-state index >= 15 is 0 Å². The van der Waals surface area contributed by atoms with Crippen LogP contribution in [0.15, 0.2) is 68.7 Å². The van der Waals surface area contributed by atoms with Crippen molar-refractivity contribution < 1.29 is 14.3 Å². The van der Waals surface area contributed by atoms with Gasteiger partial charge >= 0.3 is 0 Å². The van der Waals surface area contributed by atoms with Gasteiger partial charge in [0.15, 0.2) is 0 Å². The van der Waals surface area contributed by atoms with Crippen molar-refractivity contribution in [3.05, 3.63) is 74.7 Å². The van der Waals surface area contributed by atoms with E-state index in [1.54, 1.807) is 6.21 Å². The number of nitrogens with zero attached hydrogens (tertiary/aromatic N) is 2. The molecule has 2 aromatic rings. The SMILES string of the molecule is O=C1[C@@H]2[C@H](C(=O)N1/N=C\c1cc(Br)c(OCc3ccccc3)c(Br)c1)[C@H]1C=C[C@H]2CC1. The van der Waals surface area contributed by atoms with Crippen LogP contribution >= 0.6 is 31.9 Å². The van der Waals surface area contributed by atoms with E-state index in [4.69, 9.17) is 4.74 Å². The van der Waals surface area contributed by atoms with Gasteiger partial charge in [-0.05, 0) is 79.8 Å². The third kappa shape index (κ3) is 3.78. The molecule has 2 aromatic carbocycles. The zero-order chi connectivity index (χ0) is 21.5. The molecule has 5 nitrogen and oxygen atoms in total. The van der Waals surface area contributed by atoms with Crippen molar-refractivity contribution in [2.45, 2.75) is 19.4 Å². The van der Waals surface area contributed by atoms with Gasteiger partial charge in [-0.2, -0.15) is 10.1 Å². The van der Waals surface area contributed by atoms with E-state index in [-0.39, 0.29) is 35.5 Å². The van der Waals surface area contributed by atoms with Crippen LogP contribution in [0.3, 0.4) is 0 Å². The van der Waals surface area contributed by atoms with Gasteiger partial charge < -0.3 is 4.74 Å². The molecule has 3 aliphatic carbocycles. The number of amides is 2. The minimum absolute atomic E-state index is 0.163. The van der Waals surface area contributed by atoms with Crippen molar-refractivity contribution in [1.29, 1.82) is 0 Å². The number of carbonyl (C=O) groups is 2. The van der Waals surface area contributed by atoms with E-state index in [9.17, 15) is 9.59 Å². The molecule has 1 saturated carbocycles. The van der Waals surface area contributed by atoms with Crippen LogP contribution in [0.4, 0.5) is 0 Å². The number of hydrogen-bond donors (Lipinski definition) is 0. The molecule has 0 spiro atoms. The highest BCUT2D eigenvalue weighted by atomic mass is 79.9. The standard InChI is InChI=1S/C24H20Br2N2O3/c25-18-10-15(11-19(26)22(18)31-13-14-4-2-1-3-5-14)12-27-28-23(29)20-16-6-7-17(9-8-16)21(20)24(28)30/h1-7,10-12,16-17,20-21H,8-9,13H2/b27-12-/t16-,17-,20-,21+/m0/s1. The molecule has 1 heterocycles. The Morgan fingerprint density at radius 1 is 0.968 bits per heavy atom. The van der Waals surface area contributed by atoms with E-state index in [2.05, 4.69) is 49.1 Å². The van der Waals surface area contributed by atoms with Gasteiger partial charge in [0.1, 0.15) is 12.4 Å². The number of benzene rings is 2. The summed E-state index contributed by atoms with van der Waals surface area (Å²) in [4.78, 5) is 25.8. The molecule has 31 heavy (non-hydrogen) atoms. The van der Waals surface area contributed by atoms with Crippen LogP contribution < -0.4 is 4.74 Å². The number of hydrogen-bond acceptors (Lipinski definition) is 4. The summed E-state index contributed by atoms with van der Waals surface area (Å²) in [5, 5.41) is 5.36. The number of carbonyl (C=O) groups excluding carboxylic acids is 2. The van der Waals surface area contributed by atoms with E-state index in [1.807, 2.05) is 42.5 Å². The summed E-state index contributed by atoms with van der Waals surface area (Å²) >= 11 is 7.10. The molecule has 0 N–H and O–H groups in total. The second kappa shape index (κ2) is 8.36. The van der Waals surface area contributed by atoms with E-state index in [0.717, 1.165) is 37.9 Å². The molecule has 158 valence electrons. The van der Waals surface area contributed by atoms with E-state index in [0.29, 0.717) is 12.4 Å². The second-order valence-electron chi connectivity index (χ2n) is 8.16. The lowest BCUT2D eigenvalue weighted by atomic mass is 9.63. The van der Waals surface area contributed by atoms with Gasteiger partial charge in [0.25, 0.3) is 11.8 Å². The largest absolute Gasteiger partial charge is 0.487 e. The number of ether oxygens (including phenoxy) is 1. The van der Waals surface area contributed by atoms with Crippen LogP contribution in [-0.2, 0) is 16.2 Å². The highest BCUT2D eigenvalue weighted by Gasteiger charge is 2.56.